The van der Waals surface area contributed by atoms with Crippen molar-refractivity contribution >= 4 is 6.03 Å². The molecular weight excluding hydrogens is 268 g/mol. The lowest BCUT2D eigenvalue weighted by Gasteiger charge is -2.29. The highest BCUT2D eigenvalue weighted by Gasteiger charge is 2.24. The largest absolute Gasteiger partial charge is 0.396 e. The Morgan fingerprint density at radius 1 is 1.24 bits per heavy atom. The van der Waals surface area contributed by atoms with Gasteiger partial charge in [0.25, 0.3) is 0 Å². The average molecular weight is 292 g/mol. The van der Waals surface area contributed by atoms with Crippen molar-refractivity contribution in [2.24, 2.45) is 5.92 Å². The third-order valence-corrected chi connectivity index (χ3v) is 4.79. The summed E-state index contributed by atoms with van der Waals surface area (Å²) in [6.45, 7) is 0.272. The van der Waals surface area contributed by atoms with Gasteiger partial charge in [0.2, 0.25) is 0 Å². The van der Waals surface area contributed by atoms with Crippen LogP contribution in [0.2, 0.25) is 0 Å². The Balaban J connectivity index is 1.43. The van der Waals surface area contributed by atoms with Crippen LogP contribution >= 0.6 is 0 Å². The SMILES string of the molecule is O=C(NC1CCC(CO)CC1)NC1CCc2[nH]ncc2C1. The van der Waals surface area contributed by atoms with Crippen LogP contribution in [0.15, 0.2) is 6.20 Å². The number of H-pyrrole nitrogens is 1. The topological polar surface area (TPSA) is 90.0 Å². The molecule has 1 aromatic heterocycles. The van der Waals surface area contributed by atoms with E-state index in [4.69, 9.17) is 5.11 Å². The smallest absolute Gasteiger partial charge is 0.315 e. The van der Waals surface area contributed by atoms with Gasteiger partial charge in [0.05, 0.1) is 6.20 Å². The minimum absolute atomic E-state index is 0.0561. The van der Waals surface area contributed by atoms with Crippen molar-refractivity contribution in [3.05, 3.63) is 17.5 Å². The minimum Gasteiger partial charge on any atom is -0.396 e. The van der Waals surface area contributed by atoms with Crippen LogP contribution in [0.1, 0.15) is 43.4 Å². The number of rotatable bonds is 3. The third-order valence-electron chi connectivity index (χ3n) is 4.79. The van der Waals surface area contributed by atoms with Gasteiger partial charge in [-0.15, -0.1) is 0 Å². The molecule has 116 valence electrons. The number of aliphatic hydroxyl groups excluding tert-OH is 1. The van der Waals surface area contributed by atoms with Crippen molar-refractivity contribution < 1.29 is 9.90 Å². The minimum atomic E-state index is -0.0561. The fourth-order valence-corrected chi connectivity index (χ4v) is 3.44. The van der Waals surface area contributed by atoms with E-state index in [1.54, 1.807) is 0 Å². The first-order chi connectivity index (χ1) is 10.2. The number of aromatic amines is 1. The van der Waals surface area contributed by atoms with E-state index in [9.17, 15) is 4.79 Å². The maximum atomic E-state index is 12.1. The molecule has 21 heavy (non-hydrogen) atoms. The van der Waals surface area contributed by atoms with Gasteiger partial charge in [-0.3, -0.25) is 5.10 Å². The number of fused-ring (bicyclic) bond motifs is 1. The fraction of sp³-hybridized carbons (Fsp3) is 0.733. The highest BCUT2D eigenvalue weighted by molar-refractivity contribution is 5.74. The number of urea groups is 1. The van der Waals surface area contributed by atoms with Crippen LogP contribution in [0.5, 0.6) is 0 Å². The van der Waals surface area contributed by atoms with Crippen molar-refractivity contribution in [2.75, 3.05) is 6.61 Å². The Bertz CT molecular complexity index is 480. The molecule has 4 N–H and O–H groups in total. The molecule has 0 bridgehead atoms. The predicted molar refractivity (Wildman–Crippen MR) is 78.9 cm³/mol. The van der Waals surface area contributed by atoms with E-state index in [2.05, 4.69) is 20.8 Å². The van der Waals surface area contributed by atoms with Crippen molar-refractivity contribution in [3.63, 3.8) is 0 Å². The van der Waals surface area contributed by atoms with Gasteiger partial charge in [-0.1, -0.05) is 0 Å². The van der Waals surface area contributed by atoms with Crippen LogP contribution in [0.25, 0.3) is 0 Å². The van der Waals surface area contributed by atoms with Crippen LogP contribution in [-0.2, 0) is 12.8 Å². The van der Waals surface area contributed by atoms with E-state index in [-0.39, 0.29) is 24.7 Å². The quantitative estimate of drug-likeness (QED) is 0.673. The second kappa shape index (κ2) is 6.47. The van der Waals surface area contributed by atoms with Crippen molar-refractivity contribution in [1.82, 2.24) is 20.8 Å². The maximum Gasteiger partial charge on any atom is 0.315 e. The molecule has 3 rings (SSSR count). The monoisotopic (exact) mass is 292 g/mol. The summed E-state index contributed by atoms with van der Waals surface area (Å²) >= 11 is 0. The zero-order chi connectivity index (χ0) is 14.7. The lowest BCUT2D eigenvalue weighted by atomic mass is 9.86. The van der Waals surface area contributed by atoms with E-state index >= 15 is 0 Å². The van der Waals surface area contributed by atoms with E-state index < -0.39 is 0 Å². The number of carbonyl (C=O) groups is 1. The number of amides is 2. The molecule has 1 unspecified atom stereocenters. The summed E-state index contributed by atoms with van der Waals surface area (Å²) in [6.07, 6.45) is 8.56. The molecule has 6 nitrogen and oxygen atoms in total. The summed E-state index contributed by atoms with van der Waals surface area (Å²) in [4.78, 5) is 12.1. The molecule has 1 heterocycles. The number of aliphatic hydroxyl groups is 1. The molecule has 2 aliphatic rings. The Hall–Kier alpha value is -1.56. The number of nitrogens with one attached hydrogen (secondary N) is 3. The number of nitrogens with zero attached hydrogens (tertiary/aromatic N) is 1. The van der Waals surface area contributed by atoms with Gasteiger partial charge in [-0.25, -0.2) is 4.79 Å². The zero-order valence-corrected chi connectivity index (χ0v) is 12.3. The van der Waals surface area contributed by atoms with Crippen LogP contribution in [0.4, 0.5) is 4.79 Å². The molecule has 0 radical (unpaired) electrons. The molecular formula is C15H24N4O2. The van der Waals surface area contributed by atoms with Gasteiger partial charge in [0.15, 0.2) is 0 Å². The number of hydrogen-bond donors (Lipinski definition) is 4. The van der Waals surface area contributed by atoms with Gasteiger partial charge >= 0.3 is 6.03 Å². The molecule has 6 heteroatoms. The van der Waals surface area contributed by atoms with E-state index in [0.717, 1.165) is 44.9 Å². The van der Waals surface area contributed by atoms with Crippen molar-refractivity contribution in [2.45, 2.75) is 57.0 Å². The van der Waals surface area contributed by atoms with Crippen LogP contribution in [0.3, 0.4) is 0 Å². The summed E-state index contributed by atoms with van der Waals surface area (Å²) in [5.74, 6) is 0.420. The lowest BCUT2D eigenvalue weighted by Crippen LogP contribution is -2.48. The van der Waals surface area contributed by atoms with Gasteiger partial charge in [-0.05, 0) is 56.4 Å². The molecule has 0 spiro atoms. The van der Waals surface area contributed by atoms with E-state index in [1.807, 2.05) is 6.20 Å². The maximum absolute atomic E-state index is 12.1. The molecule has 1 fully saturated rings. The molecule has 1 saturated carbocycles. The Labute approximate surface area is 124 Å². The number of aromatic nitrogens is 2. The van der Waals surface area contributed by atoms with Crippen LogP contribution < -0.4 is 10.6 Å². The highest BCUT2D eigenvalue weighted by atomic mass is 16.3. The molecule has 2 amide bonds. The number of hydrogen-bond acceptors (Lipinski definition) is 3. The number of carbonyl (C=O) groups excluding carboxylic acids is 1. The standard InChI is InChI=1S/C15H24N4O2/c20-9-10-1-3-12(4-2-10)17-15(21)18-13-5-6-14-11(7-13)8-16-19-14/h8,10,12-13,20H,1-7,9H2,(H,16,19)(H2,17,18,21). The van der Waals surface area contributed by atoms with Crippen molar-refractivity contribution in [3.8, 4) is 0 Å². The summed E-state index contributed by atoms with van der Waals surface area (Å²) in [5, 5.41) is 22.3. The Kier molecular flexibility index (Phi) is 4.43. The first-order valence-electron chi connectivity index (χ1n) is 7.93. The van der Waals surface area contributed by atoms with Gasteiger partial charge in [0.1, 0.15) is 0 Å². The summed E-state index contributed by atoms with van der Waals surface area (Å²) < 4.78 is 0. The fourth-order valence-electron chi connectivity index (χ4n) is 3.44. The first-order valence-corrected chi connectivity index (χ1v) is 7.93. The molecule has 0 aromatic carbocycles. The molecule has 1 atom stereocenters. The number of aryl methyl sites for hydroxylation is 1. The summed E-state index contributed by atoms with van der Waals surface area (Å²) in [7, 11) is 0. The summed E-state index contributed by atoms with van der Waals surface area (Å²) in [6, 6.07) is 0.393. The second-order valence-corrected chi connectivity index (χ2v) is 6.33. The molecule has 2 aliphatic carbocycles. The average Bonchev–Trinajstić information content (AvgIpc) is 2.95. The normalized spacial score (nSPS) is 28.7. The van der Waals surface area contributed by atoms with Crippen molar-refractivity contribution in [1.29, 1.82) is 0 Å². The van der Waals surface area contributed by atoms with Gasteiger partial charge in [-0.2, -0.15) is 5.10 Å². The van der Waals surface area contributed by atoms with E-state index in [0.29, 0.717) is 5.92 Å². The lowest BCUT2D eigenvalue weighted by molar-refractivity contribution is 0.174. The van der Waals surface area contributed by atoms with Gasteiger partial charge < -0.3 is 15.7 Å². The predicted octanol–water partition coefficient (Wildman–Crippen LogP) is 1.12. The van der Waals surface area contributed by atoms with Gasteiger partial charge in [0, 0.05) is 24.4 Å². The second-order valence-electron chi connectivity index (χ2n) is 6.33. The molecule has 0 aliphatic heterocycles. The Morgan fingerprint density at radius 2 is 2.00 bits per heavy atom. The highest BCUT2D eigenvalue weighted by Crippen LogP contribution is 2.23. The van der Waals surface area contributed by atoms with Crippen LogP contribution in [0, 0.1) is 5.92 Å². The molecule has 0 saturated heterocycles. The molecule has 1 aromatic rings. The third kappa shape index (κ3) is 3.56. The van der Waals surface area contributed by atoms with Crippen LogP contribution in [-0.4, -0.2) is 40.0 Å². The zero-order valence-electron chi connectivity index (χ0n) is 12.3. The Morgan fingerprint density at radius 3 is 2.76 bits per heavy atom. The van der Waals surface area contributed by atoms with E-state index in [1.165, 1.54) is 11.3 Å². The first kappa shape index (κ1) is 14.4. The summed E-state index contributed by atoms with van der Waals surface area (Å²) in [5.41, 5.74) is 2.42.